The van der Waals surface area contributed by atoms with Crippen LogP contribution < -0.4 is 10.6 Å². The maximum atomic E-state index is 12.5. The van der Waals surface area contributed by atoms with Crippen LogP contribution in [0.2, 0.25) is 0 Å². The van der Waals surface area contributed by atoms with Gasteiger partial charge in [-0.3, -0.25) is 4.79 Å². The van der Waals surface area contributed by atoms with Crippen molar-refractivity contribution in [3.8, 4) is 0 Å². The lowest BCUT2D eigenvalue weighted by atomic mass is 10.1. The summed E-state index contributed by atoms with van der Waals surface area (Å²) in [4.78, 5) is 26.2. The average molecular weight is 401 g/mol. The molecule has 0 spiro atoms. The number of carbonyl (C=O) groups excluding carboxylic acids is 2. The van der Waals surface area contributed by atoms with Gasteiger partial charge in [0.05, 0.1) is 11.5 Å². The number of urea groups is 1. The van der Waals surface area contributed by atoms with Crippen molar-refractivity contribution in [3.63, 3.8) is 0 Å². The molecular formula is C20H23N3O4S. The number of nitrogens with one attached hydrogen (secondary N) is 2. The Morgan fingerprint density at radius 3 is 2.36 bits per heavy atom. The summed E-state index contributed by atoms with van der Waals surface area (Å²) in [6.45, 7) is 0.506. The molecule has 0 radical (unpaired) electrons. The molecule has 148 valence electrons. The fourth-order valence-electron chi connectivity index (χ4n) is 3.11. The van der Waals surface area contributed by atoms with Gasteiger partial charge in [-0.2, -0.15) is 0 Å². The summed E-state index contributed by atoms with van der Waals surface area (Å²) < 4.78 is 22.9. The number of amides is 3. The van der Waals surface area contributed by atoms with E-state index >= 15 is 0 Å². The maximum Gasteiger partial charge on any atom is 0.319 e. The van der Waals surface area contributed by atoms with Gasteiger partial charge in [0.2, 0.25) is 0 Å². The molecule has 8 heteroatoms. The van der Waals surface area contributed by atoms with Gasteiger partial charge in [-0.1, -0.05) is 30.3 Å². The van der Waals surface area contributed by atoms with Crippen LogP contribution in [0.3, 0.4) is 0 Å². The van der Waals surface area contributed by atoms with E-state index in [2.05, 4.69) is 10.6 Å². The van der Waals surface area contributed by atoms with Crippen molar-refractivity contribution < 1.29 is 18.0 Å². The number of sulfone groups is 1. The first-order valence-corrected chi connectivity index (χ1v) is 10.8. The van der Waals surface area contributed by atoms with E-state index in [1.54, 1.807) is 36.2 Å². The highest BCUT2D eigenvalue weighted by atomic mass is 32.2. The van der Waals surface area contributed by atoms with Crippen LogP contribution in [0.25, 0.3) is 0 Å². The molecule has 2 N–H and O–H groups in total. The quantitative estimate of drug-likeness (QED) is 0.803. The lowest BCUT2D eigenvalue weighted by Crippen LogP contribution is -2.38. The Morgan fingerprint density at radius 1 is 1.07 bits per heavy atom. The Hall–Kier alpha value is -2.87. The first kappa shape index (κ1) is 19.9. The summed E-state index contributed by atoms with van der Waals surface area (Å²) in [7, 11) is -1.30. The van der Waals surface area contributed by atoms with Crippen molar-refractivity contribution in [1.82, 2.24) is 10.2 Å². The molecule has 1 fully saturated rings. The van der Waals surface area contributed by atoms with Gasteiger partial charge in [-0.25, -0.2) is 13.2 Å². The number of rotatable bonds is 5. The molecule has 28 heavy (non-hydrogen) atoms. The van der Waals surface area contributed by atoms with Gasteiger partial charge in [0.25, 0.3) is 5.91 Å². The Morgan fingerprint density at radius 2 is 1.75 bits per heavy atom. The summed E-state index contributed by atoms with van der Waals surface area (Å²) in [6.07, 6.45) is 0.428. The van der Waals surface area contributed by atoms with E-state index in [9.17, 15) is 18.0 Å². The largest absolute Gasteiger partial charge is 0.337 e. The lowest BCUT2D eigenvalue weighted by Gasteiger charge is -2.17. The molecule has 0 bridgehead atoms. The standard InChI is InChI=1S/C20H23N3O4S/c1-23(13-15-5-3-2-4-6-15)19(24)16-7-9-17(10-8-16)21-20(25)22-18-11-12-28(26,27)14-18/h2-10,18H,11-14H2,1H3,(H2,21,22,25)/t18-/m1/s1. The SMILES string of the molecule is CN(Cc1ccccc1)C(=O)c1ccc(NC(=O)N[C@@H]2CCS(=O)(=O)C2)cc1. The van der Waals surface area contributed by atoms with Gasteiger partial charge in [-0.05, 0) is 36.2 Å². The summed E-state index contributed by atoms with van der Waals surface area (Å²) in [6, 6.07) is 15.5. The third-order valence-corrected chi connectivity index (χ3v) is 6.33. The van der Waals surface area contributed by atoms with Crippen molar-refractivity contribution in [3.05, 3.63) is 65.7 Å². The van der Waals surface area contributed by atoms with E-state index in [4.69, 9.17) is 0 Å². The van der Waals surface area contributed by atoms with Gasteiger partial charge in [0.1, 0.15) is 0 Å². The van der Waals surface area contributed by atoms with Crippen molar-refractivity contribution in [2.75, 3.05) is 23.9 Å². The van der Waals surface area contributed by atoms with Crippen LogP contribution in [0.1, 0.15) is 22.3 Å². The van der Waals surface area contributed by atoms with Crippen molar-refractivity contribution >= 4 is 27.5 Å². The number of hydrogen-bond acceptors (Lipinski definition) is 4. The average Bonchev–Trinajstić information content (AvgIpc) is 3.00. The molecule has 7 nitrogen and oxygen atoms in total. The molecule has 2 aromatic rings. The Bertz CT molecular complexity index is 943. The molecule has 3 amide bonds. The topological polar surface area (TPSA) is 95.6 Å². The second kappa shape index (κ2) is 8.43. The lowest BCUT2D eigenvalue weighted by molar-refractivity contribution is 0.0785. The molecule has 1 saturated heterocycles. The van der Waals surface area contributed by atoms with E-state index < -0.39 is 15.9 Å². The third kappa shape index (κ3) is 5.32. The molecule has 0 unspecified atom stereocenters. The zero-order valence-electron chi connectivity index (χ0n) is 15.6. The monoisotopic (exact) mass is 401 g/mol. The first-order chi connectivity index (χ1) is 13.3. The molecular weight excluding hydrogens is 378 g/mol. The maximum absolute atomic E-state index is 12.5. The fourth-order valence-corrected chi connectivity index (χ4v) is 4.78. The second-order valence-electron chi connectivity index (χ2n) is 6.92. The van der Waals surface area contributed by atoms with Crippen LogP contribution >= 0.6 is 0 Å². The van der Waals surface area contributed by atoms with Gasteiger partial charge < -0.3 is 15.5 Å². The highest BCUT2D eigenvalue weighted by molar-refractivity contribution is 7.91. The van der Waals surface area contributed by atoms with E-state index in [1.807, 2.05) is 30.3 Å². The van der Waals surface area contributed by atoms with Gasteiger partial charge >= 0.3 is 6.03 Å². The van der Waals surface area contributed by atoms with Crippen LogP contribution in [-0.4, -0.2) is 49.9 Å². The molecule has 1 aliphatic heterocycles. The van der Waals surface area contributed by atoms with Crippen molar-refractivity contribution in [2.24, 2.45) is 0 Å². The number of anilines is 1. The normalized spacial score (nSPS) is 17.7. The molecule has 1 heterocycles. The zero-order valence-corrected chi connectivity index (χ0v) is 16.4. The van der Waals surface area contributed by atoms with Gasteiger partial charge in [0.15, 0.2) is 9.84 Å². The molecule has 2 aromatic carbocycles. The van der Waals surface area contributed by atoms with E-state index in [1.165, 1.54) is 0 Å². The summed E-state index contributed by atoms with van der Waals surface area (Å²) in [5, 5.41) is 5.32. The first-order valence-electron chi connectivity index (χ1n) is 9.00. The van der Waals surface area contributed by atoms with Gasteiger partial charge in [-0.15, -0.1) is 0 Å². The molecule has 0 saturated carbocycles. The summed E-state index contributed by atoms with van der Waals surface area (Å²) >= 11 is 0. The number of hydrogen-bond donors (Lipinski definition) is 2. The predicted molar refractivity (Wildman–Crippen MR) is 108 cm³/mol. The van der Waals surface area contributed by atoms with E-state index in [-0.39, 0.29) is 23.5 Å². The van der Waals surface area contributed by atoms with Gasteiger partial charge in [0, 0.05) is 30.9 Å². The molecule has 1 atom stereocenters. The van der Waals surface area contributed by atoms with Crippen molar-refractivity contribution in [1.29, 1.82) is 0 Å². The second-order valence-corrected chi connectivity index (χ2v) is 9.15. The minimum Gasteiger partial charge on any atom is -0.337 e. The number of nitrogens with zero attached hydrogens (tertiary/aromatic N) is 1. The zero-order chi connectivity index (χ0) is 20.1. The fraction of sp³-hybridized carbons (Fsp3) is 0.300. The van der Waals surface area contributed by atoms with Crippen LogP contribution in [0.15, 0.2) is 54.6 Å². The van der Waals surface area contributed by atoms with Crippen LogP contribution in [0, 0.1) is 0 Å². The Balaban J connectivity index is 1.54. The smallest absolute Gasteiger partial charge is 0.319 e. The third-order valence-electron chi connectivity index (χ3n) is 4.57. The summed E-state index contributed by atoms with van der Waals surface area (Å²) in [5.74, 6) is -0.0385. The molecule has 1 aliphatic rings. The van der Waals surface area contributed by atoms with E-state index in [0.29, 0.717) is 24.2 Å². The molecule has 3 rings (SSSR count). The van der Waals surface area contributed by atoms with Crippen molar-refractivity contribution in [2.45, 2.75) is 19.0 Å². The minimum absolute atomic E-state index is 0.0262. The Labute approximate surface area is 164 Å². The van der Waals surface area contributed by atoms with Crippen LogP contribution in [0.4, 0.5) is 10.5 Å². The minimum atomic E-state index is -3.04. The predicted octanol–water partition coefficient (Wildman–Crippen LogP) is 2.27. The highest BCUT2D eigenvalue weighted by Crippen LogP contribution is 2.14. The van der Waals surface area contributed by atoms with Crippen LogP contribution in [0.5, 0.6) is 0 Å². The molecule has 0 aromatic heterocycles. The Kier molecular flexibility index (Phi) is 5.99. The number of benzene rings is 2. The molecule has 0 aliphatic carbocycles. The van der Waals surface area contributed by atoms with E-state index in [0.717, 1.165) is 5.56 Å². The highest BCUT2D eigenvalue weighted by Gasteiger charge is 2.28. The van der Waals surface area contributed by atoms with Crippen LogP contribution in [-0.2, 0) is 16.4 Å². The number of carbonyl (C=O) groups is 2. The summed E-state index contributed by atoms with van der Waals surface area (Å²) in [5.41, 5.74) is 2.09.